The third-order valence-electron chi connectivity index (χ3n) is 8.26. The lowest BCUT2D eigenvalue weighted by molar-refractivity contribution is -0.138. The van der Waals surface area contributed by atoms with E-state index in [-0.39, 0.29) is 17.9 Å². The van der Waals surface area contributed by atoms with E-state index in [9.17, 15) is 31.9 Å². The summed E-state index contributed by atoms with van der Waals surface area (Å²) in [5.41, 5.74) is 4.85. The maximum Gasteiger partial charge on any atom is 0.416 e. The van der Waals surface area contributed by atoms with Crippen molar-refractivity contribution in [3.63, 3.8) is 0 Å². The first-order valence-corrected chi connectivity index (χ1v) is 15.1. The van der Waals surface area contributed by atoms with Gasteiger partial charge in [0.15, 0.2) is 0 Å². The van der Waals surface area contributed by atoms with Gasteiger partial charge in [-0.1, -0.05) is 48.5 Å². The van der Waals surface area contributed by atoms with E-state index in [0.717, 1.165) is 32.9 Å². The summed E-state index contributed by atoms with van der Waals surface area (Å²) in [6.07, 6.45) is -4.87. The molecule has 1 atom stereocenters. The summed E-state index contributed by atoms with van der Waals surface area (Å²) in [6, 6.07) is 17.9. The number of halogens is 4. The minimum Gasteiger partial charge on any atom is -0.427 e. The average Bonchev–Trinajstić information content (AvgIpc) is 3.02. The number of hydrogen-bond acceptors (Lipinski definition) is 7. The van der Waals surface area contributed by atoms with Crippen LogP contribution in [0.4, 0.5) is 23.2 Å². The van der Waals surface area contributed by atoms with Crippen LogP contribution in [0.2, 0.25) is 0 Å². The lowest BCUT2D eigenvalue weighted by Gasteiger charge is -2.37. The van der Waals surface area contributed by atoms with Crippen molar-refractivity contribution in [3.05, 3.63) is 127 Å². The predicted molar refractivity (Wildman–Crippen MR) is 169 cm³/mol. The quantitative estimate of drug-likeness (QED) is 0.162. The zero-order valence-electron chi connectivity index (χ0n) is 26.0. The van der Waals surface area contributed by atoms with Crippen LogP contribution in [-0.2, 0) is 30.6 Å². The molecule has 2 N–H and O–H groups in total. The SMILES string of the molecule is CC(=O)Oc1cccc(CN2CCN(c3c(C)n(Cc4c(F)cccc4C(F)(F)F)c(=O)n(CC(N)c4ccccc4)c3=O)CC2)c1. The first-order valence-electron chi connectivity index (χ1n) is 15.1. The molecule has 9 nitrogen and oxygen atoms in total. The summed E-state index contributed by atoms with van der Waals surface area (Å²) < 4.78 is 63.8. The van der Waals surface area contributed by atoms with Crippen LogP contribution in [0.15, 0.2) is 82.4 Å². The smallest absolute Gasteiger partial charge is 0.416 e. The Hall–Kier alpha value is -4.75. The van der Waals surface area contributed by atoms with Crippen LogP contribution in [-0.4, -0.2) is 46.2 Å². The Kier molecular flexibility index (Phi) is 9.96. The van der Waals surface area contributed by atoms with E-state index in [1.165, 1.54) is 13.8 Å². The molecule has 1 saturated heterocycles. The van der Waals surface area contributed by atoms with E-state index in [1.807, 2.05) is 6.07 Å². The van der Waals surface area contributed by atoms with Crippen LogP contribution >= 0.6 is 0 Å². The molecule has 13 heteroatoms. The first-order chi connectivity index (χ1) is 22.3. The number of ether oxygens (including phenoxy) is 1. The van der Waals surface area contributed by atoms with Crippen molar-refractivity contribution in [2.75, 3.05) is 31.1 Å². The van der Waals surface area contributed by atoms with Gasteiger partial charge in [0.05, 0.1) is 18.7 Å². The number of piperazine rings is 1. The standard InChI is InChI=1S/C34H35F4N5O4/c1-22-31(41-16-14-40(15-17-41)19-24-8-6-11-26(18-24)47-23(2)44)32(45)43(21-30(39)25-9-4-3-5-10-25)33(46)42(22)20-27-28(34(36,37)38)12-7-13-29(27)35/h3-13,18,30H,14-17,19-21,39H2,1-2H3. The van der Waals surface area contributed by atoms with Gasteiger partial charge in [0, 0.05) is 56.9 Å². The molecule has 1 aliphatic rings. The maximum absolute atomic E-state index is 15.0. The molecular formula is C34H35F4N5O4. The van der Waals surface area contributed by atoms with Crippen molar-refractivity contribution >= 4 is 11.7 Å². The van der Waals surface area contributed by atoms with E-state index < -0.39 is 52.9 Å². The van der Waals surface area contributed by atoms with Crippen molar-refractivity contribution in [2.24, 2.45) is 5.73 Å². The molecular weight excluding hydrogens is 618 g/mol. The van der Waals surface area contributed by atoms with E-state index in [0.29, 0.717) is 44.0 Å². The molecule has 0 amide bonds. The number of alkyl halides is 3. The molecule has 0 saturated carbocycles. The minimum atomic E-state index is -4.87. The average molecular weight is 654 g/mol. The van der Waals surface area contributed by atoms with Crippen molar-refractivity contribution in [1.82, 2.24) is 14.0 Å². The molecule has 3 aromatic carbocycles. The van der Waals surface area contributed by atoms with Gasteiger partial charge in [-0.15, -0.1) is 0 Å². The van der Waals surface area contributed by atoms with Crippen molar-refractivity contribution in [2.45, 2.75) is 45.7 Å². The fraction of sp³-hybridized carbons (Fsp3) is 0.324. The molecule has 1 unspecified atom stereocenters. The molecule has 47 heavy (non-hydrogen) atoms. The highest BCUT2D eigenvalue weighted by molar-refractivity contribution is 5.69. The summed E-state index contributed by atoms with van der Waals surface area (Å²) in [7, 11) is 0. The van der Waals surface area contributed by atoms with Gasteiger partial charge in [-0.25, -0.2) is 9.18 Å². The number of aromatic nitrogens is 2. The molecule has 0 aliphatic carbocycles. The van der Waals surface area contributed by atoms with Crippen molar-refractivity contribution in [1.29, 1.82) is 0 Å². The van der Waals surface area contributed by atoms with Gasteiger partial charge < -0.3 is 15.4 Å². The number of anilines is 1. The number of hydrogen-bond donors (Lipinski definition) is 1. The molecule has 1 aliphatic heterocycles. The van der Waals surface area contributed by atoms with Gasteiger partial charge in [0.25, 0.3) is 5.56 Å². The molecule has 0 bridgehead atoms. The van der Waals surface area contributed by atoms with Crippen molar-refractivity contribution in [3.8, 4) is 5.75 Å². The second kappa shape index (κ2) is 13.9. The second-order valence-electron chi connectivity index (χ2n) is 11.5. The van der Waals surface area contributed by atoms with Crippen LogP contribution in [0.25, 0.3) is 0 Å². The van der Waals surface area contributed by atoms with Gasteiger partial charge in [0.2, 0.25) is 0 Å². The Morgan fingerprint density at radius 3 is 2.26 bits per heavy atom. The van der Waals surface area contributed by atoms with E-state index in [4.69, 9.17) is 10.5 Å². The maximum atomic E-state index is 15.0. The number of esters is 1. The minimum absolute atomic E-state index is 0.128. The number of nitrogens with two attached hydrogens (primary N) is 1. The Balaban J connectivity index is 1.49. The Bertz CT molecular complexity index is 1870. The van der Waals surface area contributed by atoms with Crippen LogP contribution in [0.3, 0.4) is 0 Å². The summed E-state index contributed by atoms with van der Waals surface area (Å²) in [4.78, 5) is 43.2. The number of nitrogens with zero attached hydrogens (tertiary/aromatic N) is 4. The van der Waals surface area contributed by atoms with Gasteiger partial charge in [0.1, 0.15) is 17.3 Å². The van der Waals surface area contributed by atoms with Gasteiger partial charge in [-0.3, -0.25) is 23.6 Å². The molecule has 4 aromatic rings. The Morgan fingerprint density at radius 1 is 0.915 bits per heavy atom. The lowest BCUT2D eigenvalue weighted by atomic mass is 10.1. The van der Waals surface area contributed by atoms with E-state index in [1.54, 1.807) is 53.4 Å². The monoisotopic (exact) mass is 653 g/mol. The molecule has 248 valence electrons. The summed E-state index contributed by atoms with van der Waals surface area (Å²) in [6.45, 7) is 4.16. The van der Waals surface area contributed by atoms with E-state index in [2.05, 4.69) is 4.90 Å². The number of carbonyl (C=O) groups is 1. The topological polar surface area (TPSA) is 103 Å². The van der Waals surface area contributed by atoms with Gasteiger partial charge in [-0.05, 0) is 42.3 Å². The molecule has 1 fully saturated rings. The van der Waals surface area contributed by atoms with Crippen LogP contribution in [0, 0.1) is 12.7 Å². The molecule has 0 spiro atoms. The normalized spacial score (nSPS) is 14.7. The molecule has 5 rings (SSSR count). The Morgan fingerprint density at radius 2 is 1.60 bits per heavy atom. The van der Waals surface area contributed by atoms with Crippen LogP contribution < -0.4 is 26.6 Å². The summed E-state index contributed by atoms with van der Waals surface area (Å²) >= 11 is 0. The van der Waals surface area contributed by atoms with Gasteiger partial charge >= 0.3 is 17.8 Å². The van der Waals surface area contributed by atoms with Crippen molar-refractivity contribution < 1.29 is 27.1 Å². The first kappa shape index (κ1) is 33.6. The van der Waals surface area contributed by atoms with E-state index >= 15 is 0 Å². The van der Waals surface area contributed by atoms with Crippen LogP contribution in [0.5, 0.6) is 5.75 Å². The number of benzene rings is 3. The van der Waals surface area contributed by atoms with Crippen LogP contribution in [0.1, 0.15) is 40.9 Å². The fourth-order valence-electron chi connectivity index (χ4n) is 5.90. The Labute approximate surface area is 268 Å². The second-order valence-corrected chi connectivity index (χ2v) is 11.5. The third-order valence-corrected chi connectivity index (χ3v) is 8.26. The highest BCUT2D eigenvalue weighted by Crippen LogP contribution is 2.33. The predicted octanol–water partition coefficient (Wildman–Crippen LogP) is 4.47. The fourth-order valence-corrected chi connectivity index (χ4v) is 5.90. The molecule has 1 aromatic heterocycles. The lowest BCUT2D eigenvalue weighted by Crippen LogP contribution is -2.51. The highest BCUT2D eigenvalue weighted by Gasteiger charge is 2.35. The summed E-state index contributed by atoms with van der Waals surface area (Å²) in [5.74, 6) is -1.10. The largest absolute Gasteiger partial charge is 0.427 e. The zero-order valence-corrected chi connectivity index (χ0v) is 26.0. The zero-order chi connectivity index (χ0) is 33.9. The highest BCUT2D eigenvalue weighted by atomic mass is 19.4. The summed E-state index contributed by atoms with van der Waals surface area (Å²) in [5, 5.41) is 0. The molecule has 0 radical (unpaired) electrons. The number of rotatable bonds is 9. The van der Waals surface area contributed by atoms with Gasteiger partial charge in [-0.2, -0.15) is 13.2 Å². The molecule has 2 heterocycles. The number of carbonyl (C=O) groups excluding carboxylic acids is 1. The third kappa shape index (κ3) is 7.63.